The largest absolute Gasteiger partial charge is 0.349 e. The van der Waals surface area contributed by atoms with E-state index in [0.717, 1.165) is 21.1 Å². The molecule has 8 heteroatoms. The first-order valence-electron chi connectivity index (χ1n) is 8.19. The molecule has 1 heterocycles. The zero-order chi connectivity index (χ0) is 20.1. The van der Waals surface area contributed by atoms with Crippen LogP contribution in [-0.4, -0.2) is 17.1 Å². The average molecular weight is 453 g/mol. The molecule has 28 heavy (non-hydrogen) atoms. The molecule has 1 fully saturated rings. The van der Waals surface area contributed by atoms with Gasteiger partial charge in [0.15, 0.2) is 5.57 Å². The molecule has 1 aliphatic rings. The number of benzene rings is 2. The van der Waals surface area contributed by atoms with Crippen molar-refractivity contribution in [3.8, 4) is 12.1 Å². The van der Waals surface area contributed by atoms with Crippen molar-refractivity contribution < 1.29 is 9.59 Å². The van der Waals surface area contributed by atoms with Gasteiger partial charge in [-0.15, -0.1) is 0 Å². The third kappa shape index (κ3) is 4.25. The predicted octanol–water partition coefficient (Wildman–Crippen LogP) is 4.19. The Kier molecular flexibility index (Phi) is 6.15. The van der Waals surface area contributed by atoms with Gasteiger partial charge >= 0.3 is 0 Å². The molecule has 3 rings (SSSR count). The van der Waals surface area contributed by atoms with E-state index < -0.39 is 5.25 Å². The van der Waals surface area contributed by atoms with Crippen LogP contribution in [0.15, 0.2) is 69.7 Å². The van der Waals surface area contributed by atoms with E-state index in [9.17, 15) is 20.1 Å². The highest BCUT2D eigenvalue weighted by Crippen LogP contribution is 2.35. The Hall–Kier alpha value is -3.07. The van der Waals surface area contributed by atoms with Crippen molar-refractivity contribution in [1.82, 2.24) is 0 Å². The van der Waals surface area contributed by atoms with Gasteiger partial charge in [0.1, 0.15) is 17.2 Å². The summed E-state index contributed by atoms with van der Waals surface area (Å²) in [6.45, 7) is 0. The first-order chi connectivity index (χ1) is 13.5. The van der Waals surface area contributed by atoms with Crippen molar-refractivity contribution in [2.45, 2.75) is 11.7 Å². The number of imide groups is 1. The van der Waals surface area contributed by atoms with Gasteiger partial charge in [-0.1, -0.05) is 45.9 Å². The van der Waals surface area contributed by atoms with Gasteiger partial charge in [-0.3, -0.25) is 9.59 Å². The number of hydrogen-bond donors (Lipinski definition) is 1. The van der Waals surface area contributed by atoms with E-state index in [0.29, 0.717) is 11.4 Å². The Bertz CT molecular complexity index is 1010. The summed E-state index contributed by atoms with van der Waals surface area (Å²) in [5, 5.41) is 21.1. The summed E-state index contributed by atoms with van der Waals surface area (Å²) in [6.07, 6.45) is -0.0102. The van der Waals surface area contributed by atoms with Gasteiger partial charge in [0.2, 0.25) is 11.8 Å². The maximum Gasteiger partial charge on any atom is 0.247 e. The first-order valence-corrected chi connectivity index (χ1v) is 9.86. The standard InChI is InChI=1S/C20H13BrN4O2S/c21-14-6-8-16(9-7-14)25-18(26)10-17(20(25)27)28-19(13(11-22)12-23)24-15-4-2-1-3-5-15/h1-9,17,24H,10H2/t17-/m0/s1. The molecule has 0 bridgehead atoms. The van der Waals surface area contributed by atoms with Gasteiger partial charge in [-0.25, -0.2) is 4.90 Å². The van der Waals surface area contributed by atoms with Crippen LogP contribution in [0.25, 0.3) is 0 Å². The summed E-state index contributed by atoms with van der Waals surface area (Å²) in [7, 11) is 0. The smallest absolute Gasteiger partial charge is 0.247 e. The van der Waals surface area contributed by atoms with Gasteiger partial charge in [-0.2, -0.15) is 10.5 Å². The number of amides is 2. The molecule has 2 aromatic rings. The van der Waals surface area contributed by atoms with E-state index in [4.69, 9.17) is 0 Å². The second kappa shape index (κ2) is 8.75. The second-order valence-electron chi connectivity index (χ2n) is 5.77. The van der Waals surface area contributed by atoms with Crippen molar-refractivity contribution in [3.05, 3.63) is 69.7 Å². The lowest BCUT2D eigenvalue weighted by Gasteiger charge is -2.16. The lowest BCUT2D eigenvalue weighted by Crippen LogP contribution is -2.31. The molecule has 1 saturated heterocycles. The van der Waals surface area contributed by atoms with Crippen molar-refractivity contribution in [2.24, 2.45) is 0 Å². The van der Waals surface area contributed by atoms with Gasteiger partial charge in [0, 0.05) is 16.6 Å². The number of thioether (sulfide) groups is 1. The number of halogens is 1. The maximum atomic E-state index is 12.8. The number of anilines is 2. The lowest BCUT2D eigenvalue weighted by molar-refractivity contribution is -0.121. The number of nitrogens with zero attached hydrogens (tertiary/aromatic N) is 3. The van der Waals surface area contributed by atoms with Crippen molar-refractivity contribution in [3.63, 3.8) is 0 Å². The summed E-state index contributed by atoms with van der Waals surface area (Å²) in [5.74, 6) is -0.695. The highest BCUT2D eigenvalue weighted by Gasteiger charge is 2.40. The molecule has 0 radical (unpaired) electrons. The molecule has 0 spiro atoms. The van der Waals surface area contributed by atoms with Crippen molar-refractivity contribution >= 4 is 50.9 Å². The van der Waals surface area contributed by atoms with E-state index in [1.807, 2.05) is 30.3 Å². The highest BCUT2D eigenvalue weighted by molar-refractivity contribution is 9.10. The average Bonchev–Trinajstić information content (AvgIpc) is 2.97. The summed E-state index contributed by atoms with van der Waals surface area (Å²) in [5.41, 5.74) is 1.02. The summed E-state index contributed by atoms with van der Waals surface area (Å²) < 4.78 is 0.839. The molecule has 0 unspecified atom stereocenters. The topological polar surface area (TPSA) is 97.0 Å². The Morgan fingerprint density at radius 3 is 2.32 bits per heavy atom. The Morgan fingerprint density at radius 2 is 1.71 bits per heavy atom. The minimum atomic E-state index is -0.723. The molecule has 6 nitrogen and oxygen atoms in total. The number of allylic oxidation sites excluding steroid dienone is 1. The molecule has 1 aliphatic heterocycles. The third-order valence-corrected chi connectivity index (χ3v) is 5.66. The van der Waals surface area contributed by atoms with E-state index in [1.54, 1.807) is 36.4 Å². The molecule has 0 aliphatic carbocycles. The fourth-order valence-electron chi connectivity index (χ4n) is 2.63. The number of hydrogen-bond acceptors (Lipinski definition) is 6. The summed E-state index contributed by atoms with van der Waals surface area (Å²) in [4.78, 5) is 26.4. The third-order valence-electron chi connectivity index (χ3n) is 3.93. The molecular weight excluding hydrogens is 440 g/mol. The van der Waals surface area contributed by atoms with E-state index in [-0.39, 0.29) is 28.8 Å². The van der Waals surface area contributed by atoms with Crippen LogP contribution in [-0.2, 0) is 9.59 Å². The fraction of sp³-hybridized carbons (Fsp3) is 0.100. The minimum Gasteiger partial charge on any atom is -0.349 e. The van der Waals surface area contributed by atoms with Crippen LogP contribution in [0.2, 0.25) is 0 Å². The van der Waals surface area contributed by atoms with Crippen LogP contribution in [0.5, 0.6) is 0 Å². The highest BCUT2D eigenvalue weighted by atomic mass is 79.9. The van der Waals surface area contributed by atoms with Crippen molar-refractivity contribution in [2.75, 3.05) is 10.2 Å². The SMILES string of the molecule is N#CC(C#N)=C(Nc1ccccc1)S[C@H]1CC(=O)N(c2ccc(Br)cc2)C1=O. The molecule has 1 N–H and O–H groups in total. The first kappa shape index (κ1) is 19.7. The van der Waals surface area contributed by atoms with Crippen LogP contribution in [0.4, 0.5) is 11.4 Å². The molecule has 2 aromatic carbocycles. The lowest BCUT2D eigenvalue weighted by atomic mass is 10.3. The van der Waals surface area contributed by atoms with Gasteiger partial charge < -0.3 is 5.32 Å². The normalized spacial score (nSPS) is 15.7. The molecule has 0 saturated carbocycles. The van der Waals surface area contributed by atoms with Crippen molar-refractivity contribution in [1.29, 1.82) is 10.5 Å². The number of nitriles is 2. The number of carbonyl (C=O) groups excluding carboxylic acids is 2. The number of carbonyl (C=O) groups is 2. The molecule has 138 valence electrons. The van der Waals surface area contributed by atoms with Crippen LogP contribution >= 0.6 is 27.7 Å². The zero-order valence-corrected chi connectivity index (χ0v) is 16.8. The van der Waals surface area contributed by atoms with Crippen LogP contribution in [0.1, 0.15) is 6.42 Å². The van der Waals surface area contributed by atoms with E-state index in [2.05, 4.69) is 21.2 Å². The van der Waals surface area contributed by atoms with E-state index in [1.165, 1.54) is 0 Å². The fourth-order valence-corrected chi connectivity index (χ4v) is 4.00. The molecular formula is C20H13BrN4O2S. The monoisotopic (exact) mass is 452 g/mol. The Morgan fingerprint density at radius 1 is 1.07 bits per heavy atom. The van der Waals surface area contributed by atoms with Gasteiger partial charge in [0.05, 0.1) is 10.9 Å². The van der Waals surface area contributed by atoms with Crippen LogP contribution < -0.4 is 10.2 Å². The van der Waals surface area contributed by atoms with Crippen LogP contribution in [0.3, 0.4) is 0 Å². The Balaban J connectivity index is 1.85. The summed E-state index contributed by atoms with van der Waals surface area (Å²) in [6, 6.07) is 19.6. The Labute approximate surface area is 174 Å². The quantitative estimate of drug-likeness (QED) is 0.539. The number of rotatable bonds is 5. The van der Waals surface area contributed by atoms with E-state index >= 15 is 0 Å². The number of para-hydroxylation sites is 1. The molecule has 1 atom stereocenters. The van der Waals surface area contributed by atoms with Gasteiger partial charge in [-0.05, 0) is 36.4 Å². The zero-order valence-electron chi connectivity index (χ0n) is 14.4. The van der Waals surface area contributed by atoms with Gasteiger partial charge in [0.25, 0.3) is 0 Å². The maximum absolute atomic E-state index is 12.8. The second-order valence-corrected chi connectivity index (χ2v) is 7.90. The molecule has 2 amide bonds. The number of nitrogens with one attached hydrogen (secondary N) is 1. The summed E-state index contributed by atoms with van der Waals surface area (Å²) >= 11 is 4.34. The predicted molar refractivity (Wildman–Crippen MR) is 111 cm³/mol. The molecule has 0 aromatic heterocycles. The van der Waals surface area contributed by atoms with Crippen LogP contribution in [0, 0.1) is 22.7 Å². The minimum absolute atomic E-state index is 0.0102.